The van der Waals surface area contributed by atoms with E-state index in [1.807, 2.05) is 28.8 Å². The van der Waals surface area contributed by atoms with E-state index < -0.39 is 0 Å². The molecule has 0 saturated heterocycles. The van der Waals surface area contributed by atoms with E-state index in [2.05, 4.69) is 15.6 Å². The number of amides is 2. The van der Waals surface area contributed by atoms with E-state index in [9.17, 15) is 9.59 Å². The highest BCUT2D eigenvalue weighted by molar-refractivity contribution is 5.97. The van der Waals surface area contributed by atoms with Crippen LogP contribution in [-0.4, -0.2) is 48.7 Å². The van der Waals surface area contributed by atoms with Crippen LogP contribution in [0, 0.1) is 0 Å². The van der Waals surface area contributed by atoms with Crippen molar-refractivity contribution in [3.8, 4) is 5.75 Å². The molecule has 2 aromatic rings. The van der Waals surface area contributed by atoms with Gasteiger partial charge in [-0.25, -0.2) is 4.98 Å². The molecule has 0 bridgehead atoms. The Morgan fingerprint density at radius 3 is 2.61 bits per heavy atom. The van der Waals surface area contributed by atoms with Gasteiger partial charge >= 0.3 is 0 Å². The first kappa shape index (κ1) is 19.9. The van der Waals surface area contributed by atoms with Crippen LogP contribution in [0.4, 0.5) is 0 Å². The number of nitrogens with one attached hydrogen (secondary N) is 2. The maximum Gasteiger partial charge on any atom is 0.287 e. The first-order chi connectivity index (χ1) is 13.6. The Labute approximate surface area is 164 Å². The number of hydrogen-bond acceptors (Lipinski definition) is 5. The summed E-state index contributed by atoms with van der Waals surface area (Å²) in [7, 11) is 3.19. The maximum atomic E-state index is 12.7. The van der Waals surface area contributed by atoms with E-state index in [0.717, 1.165) is 36.3 Å². The molecule has 3 rings (SSSR count). The molecule has 2 amide bonds. The van der Waals surface area contributed by atoms with Crippen LogP contribution in [0.1, 0.15) is 45.2 Å². The van der Waals surface area contributed by atoms with Crippen LogP contribution in [0.15, 0.2) is 24.3 Å². The predicted molar refractivity (Wildman–Crippen MR) is 104 cm³/mol. The molecule has 8 heteroatoms. The first-order valence-electron chi connectivity index (χ1n) is 9.41. The molecule has 0 fully saturated rings. The number of imidazole rings is 1. The summed E-state index contributed by atoms with van der Waals surface area (Å²) in [5.41, 5.74) is 2.12. The second-order valence-electron chi connectivity index (χ2n) is 6.62. The number of methoxy groups -OCH3 is 2. The minimum absolute atomic E-state index is 0.267. The highest BCUT2D eigenvalue weighted by Crippen LogP contribution is 2.21. The van der Waals surface area contributed by atoms with Gasteiger partial charge in [0.1, 0.15) is 11.4 Å². The number of carbonyl (C=O) groups is 2. The van der Waals surface area contributed by atoms with Gasteiger partial charge in [-0.15, -0.1) is 0 Å². The number of fused-ring (bicyclic) bond motifs is 1. The molecule has 0 radical (unpaired) electrons. The molecule has 0 atom stereocenters. The first-order valence-corrected chi connectivity index (χ1v) is 9.41. The summed E-state index contributed by atoms with van der Waals surface area (Å²) < 4.78 is 12.0. The molecule has 150 valence electrons. The summed E-state index contributed by atoms with van der Waals surface area (Å²) in [6, 6.07) is 7.49. The minimum atomic E-state index is -0.282. The van der Waals surface area contributed by atoms with E-state index in [-0.39, 0.29) is 11.8 Å². The average Bonchev–Trinajstić information content (AvgIpc) is 3.12. The molecule has 1 aliphatic rings. The molecule has 0 aliphatic carbocycles. The second kappa shape index (κ2) is 9.36. The molecule has 0 unspecified atom stereocenters. The zero-order chi connectivity index (χ0) is 19.9. The highest BCUT2D eigenvalue weighted by Gasteiger charge is 2.27. The van der Waals surface area contributed by atoms with Crippen molar-refractivity contribution >= 4 is 11.8 Å². The third kappa shape index (κ3) is 4.51. The van der Waals surface area contributed by atoms with E-state index in [4.69, 9.17) is 9.47 Å². The van der Waals surface area contributed by atoms with Gasteiger partial charge in [0.15, 0.2) is 5.82 Å². The number of nitrogens with zero attached hydrogens (tertiary/aromatic N) is 2. The molecule has 28 heavy (non-hydrogen) atoms. The van der Waals surface area contributed by atoms with Crippen LogP contribution in [0.5, 0.6) is 5.75 Å². The van der Waals surface area contributed by atoms with Crippen LogP contribution < -0.4 is 15.4 Å². The second-order valence-corrected chi connectivity index (χ2v) is 6.62. The van der Waals surface area contributed by atoms with Crippen LogP contribution in [0.2, 0.25) is 0 Å². The van der Waals surface area contributed by atoms with E-state index >= 15 is 0 Å². The lowest BCUT2D eigenvalue weighted by molar-refractivity contribution is 0.0931. The Balaban J connectivity index is 1.72. The van der Waals surface area contributed by atoms with Gasteiger partial charge in [0.05, 0.1) is 19.4 Å². The quantitative estimate of drug-likeness (QED) is 0.671. The fourth-order valence-electron chi connectivity index (χ4n) is 3.25. The number of rotatable bonds is 8. The molecule has 1 aromatic carbocycles. The van der Waals surface area contributed by atoms with Gasteiger partial charge in [0.25, 0.3) is 11.8 Å². The topological polar surface area (TPSA) is 94.5 Å². The van der Waals surface area contributed by atoms with Crippen molar-refractivity contribution in [3.63, 3.8) is 0 Å². The van der Waals surface area contributed by atoms with Crippen LogP contribution in [-0.2, 0) is 24.2 Å². The summed E-state index contributed by atoms with van der Waals surface area (Å²) >= 11 is 0. The molecule has 2 N–H and O–H groups in total. The van der Waals surface area contributed by atoms with Crippen molar-refractivity contribution < 1.29 is 19.1 Å². The predicted octanol–water partition coefficient (Wildman–Crippen LogP) is 1.53. The highest BCUT2D eigenvalue weighted by atomic mass is 16.5. The lowest BCUT2D eigenvalue weighted by Gasteiger charge is -2.17. The zero-order valence-electron chi connectivity index (χ0n) is 16.3. The Kier molecular flexibility index (Phi) is 6.65. The van der Waals surface area contributed by atoms with Gasteiger partial charge in [0, 0.05) is 26.7 Å². The molecular formula is C20H26N4O4. The third-order valence-corrected chi connectivity index (χ3v) is 4.74. The summed E-state index contributed by atoms with van der Waals surface area (Å²) in [5.74, 6) is 0.508. The van der Waals surface area contributed by atoms with Gasteiger partial charge < -0.3 is 24.7 Å². The Morgan fingerprint density at radius 1 is 1.11 bits per heavy atom. The minimum Gasteiger partial charge on any atom is -0.497 e. The normalized spacial score (nSPS) is 12.9. The van der Waals surface area contributed by atoms with Crippen molar-refractivity contribution in [1.29, 1.82) is 0 Å². The van der Waals surface area contributed by atoms with E-state index in [0.29, 0.717) is 37.8 Å². The zero-order valence-corrected chi connectivity index (χ0v) is 16.3. The average molecular weight is 386 g/mol. The lowest BCUT2D eigenvalue weighted by atomic mass is 10.1. The number of hydrogen-bond donors (Lipinski definition) is 2. The Morgan fingerprint density at radius 2 is 1.89 bits per heavy atom. The van der Waals surface area contributed by atoms with Crippen LogP contribution >= 0.6 is 0 Å². The van der Waals surface area contributed by atoms with Gasteiger partial charge in [-0.3, -0.25) is 9.59 Å². The number of aromatic nitrogens is 2. The van der Waals surface area contributed by atoms with Crippen molar-refractivity contribution in [1.82, 2.24) is 20.2 Å². The molecular weight excluding hydrogens is 360 g/mol. The maximum absolute atomic E-state index is 12.7. The van der Waals surface area contributed by atoms with Gasteiger partial charge in [0.2, 0.25) is 0 Å². The Bertz CT molecular complexity index is 829. The summed E-state index contributed by atoms with van der Waals surface area (Å²) in [6.07, 6.45) is 2.69. The summed E-state index contributed by atoms with van der Waals surface area (Å²) in [6.45, 7) is 1.90. The summed E-state index contributed by atoms with van der Waals surface area (Å²) in [4.78, 5) is 29.6. The molecule has 1 aliphatic heterocycles. The van der Waals surface area contributed by atoms with Crippen molar-refractivity contribution in [2.24, 2.45) is 0 Å². The van der Waals surface area contributed by atoms with Gasteiger partial charge in [-0.2, -0.15) is 0 Å². The molecule has 1 aromatic heterocycles. The third-order valence-electron chi connectivity index (χ3n) is 4.74. The number of ether oxygens (including phenoxy) is 2. The smallest absolute Gasteiger partial charge is 0.287 e. The lowest BCUT2D eigenvalue weighted by Crippen LogP contribution is -2.28. The molecule has 0 saturated carbocycles. The van der Waals surface area contributed by atoms with E-state index in [1.165, 1.54) is 0 Å². The summed E-state index contributed by atoms with van der Waals surface area (Å²) in [5, 5.41) is 5.68. The largest absolute Gasteiger partial charge is 0.497 e. The van der Waals surface area contributed by atoms with Gasteiger partial charge in [-0.1, -0.05) is 12.1 Å². The monoisotopic (exact) mass is 386 g/mol. The van der Waals surface area contributed by atoms with Crippen LogP contribution in [0.3, 0.4) is 0 Å². The number of carbonyl (C=O) groups excluding carboxylic acids is 2. The fraction of sp³-hybridized carbons (Fsp3) is 0.450. The van der Waals surface area contributed by atoms with Crippen molar-refractivity contribution in [3.05, 3.63) is 47.0 Å². The fourth-order valence-corrected chi connectivity index (χ4v) is 3.25. The molecule has 0 spiro atoms. The SMILES string of the molecule is COCCNC(=O)c1nc(C(=O)NCc2ccc(OC)cc2)n2c1CCCC2. The Hall–Kier alpha value is -2.87. The molecule has 8 nitrogen and oxygen atoms in total. The van der Waals surface area contributed by atoms with Crippen LogP contribution in [0.25, 0.3) is 0 Å². The standard InChI is InChI=1S/C20H26N4O4/c1-27-12-10-21-19(25)17-16-5-3-4-11-24(16)18(23-17)20(26)22-13-14-6-8-15(28-2)9-7-14/h6-9H,3-5,10-13H2,1-2H3,(H,21,25)(H,22,26). The molecule has 2 heterocycles. The van der Waals surface area contributed by atoms with E-state index in [1.54, 1.807) is 14.2 Å². The number of benzene rings is 1. The van der Waals surface area contributed by atoms with Gasteiger partial charge in [-0.05, 0) is 37.0 Å². The van der Waals surface area contributed by atoms with Crippen molar-refractivity contribution in [2.75, 3.05) is 27.4 Å². The van der Waals surface area contributed by atoms with Crippen molar-refractivity contribution in [2.45, 2.75) is 32.4 Å².